The molecule has 1 aromatic heterocycles. The maximum Gasteiger partial charge on any atom is 0.279 e. The number of aromatic nitrogens is 1. The minimum atomic E-state index is -0.318. The van der Waals surface area contributed by atoms with Crippen molar-refractivity contribution in [1.82, 2.24) is 4.98 Å². The van der Waals surface area contributed by atoms with Crippen molar-refractivity contribution < 1.29 is 14.1 Å². The summed E-state index contributed by atoms with van der Waals surface area (Å²) in [5.41, 5.74) is 1.60. The van der Waals surface area contributed by atoms with E-state index in [2.05, 4.69) is 10.3 Å². The van der Waals surface area contributed by atoms with Gasteiger partial charge >= 0.3 is 0 Å². The maximum absolute atomic E-state index is 12.8. The van der Waals surface area contributed by atoms with Crippen molar-refractivity contribution in [2.75, 3.05) is 18.9 Å². The molecule has 0 aliphatic carbocycles. The Morgan fingerprint density at radius 3 is 2.70 bits per heavy atom. The van der Waals surface area contributed by atoms with Gasteiger partial charge in [0.1, 0.15) is 17.4 Å². The number of anilines is 1. The minimum Gasteiger partial charge on any atom is -0.324 e. The van der Waals surface area contributed by atoms with E-state index in [1.54, 1.807) is 23.5 Å². The number of rotatable bonds is 5. The van der Waals surface area contributed by atoms with E-state index in [9.17, 15) is 9.18 Å². The van der Waals surface area contributed by atoms with Gasteiger partial charge in [0.2, 0.25) is 0 Å². The molecule has 1 atom stereocenters. The number of nitrogens with one attached hydrogen (secondary N) is 2. The molecule has 0 fully saturated rings. The number of hydrogen-bond donors (Lipinski definition) is 2. The van der Waals surface area contributed by atoms with Crippen LogP contribution in [0, 0.1) is 5.82 Å². The Morgan fingerprint density at radius 1 is 1.22 bits per heavy atom. The lowest BCUT2D eigenvalue weighted by atomic mass is 10.3. The van der Waals surface area contributed by atoms with Gasteiger partial charge in [0.05, 0.1) is 17.3 Å². The fourth-order valence-corrected chi connectivity index (χ4v) is 3.41. The highest BCUT2D eigenvalue weighted by molar-refractivity contribution is 7.18. The first-order valence-corrected chi connectivity index (χ1v) is 8.13. The number of benzene rings is 2. The second kappa shape index (κ2) is 6.85. The van der Waals surface area contributed by atoms with Crippen molar-refractivity contribution >= 4 is 33.1 Å². The van der Waals surface area contributed by atoms with Crippen LogP contribution >= 0.6 is 11.3 Å². The predicted octanol–water partition coefficient (Wildman–Crippen LogP) is 2.09. The molecule has 1 amide bonds. The van der Waals surface area contributed by atoms with Crippen LogP contribution in [-0.2, 0) is 11.3 Å². The first-order chi connectivity index (χ1) is 11.1. The zero-order valence-electron chi connectivity index (χ0n) is 12.7. The van der Waals surface area contributed by atoms with Crippen molar-refractivity contribution in [2.24, 2.45) is 0 Å². The number of carbonyl (C=O) groups is 1. The third-order valence-corrected chi connectivity index (χ3v) is 4.42. The molecule has 4 nitrogen and oxygen atoms in total. The summed E-state index contributed by atoms with van der Waals surface area (Å²) in [4.78, 5) is 17.7. The van der Waals surface area contributed by atoms with Crippen LogP contribution in [0.3, 0.4) is 0 Å². The second-order valence-corrected chi connectivity index (χ2v) is 6.56. The molecule has 0 saturated carbocycles. The zero-order chi connectivity index (χ0) is 16.2. The van der Waals surface area contributed by atoms with Gasteiger partial charge in [-0.25, -0.2) is 9.37 Å². The van der Waals surface area contributed by atoms with E-state index in [1.165, 1.54) is 12.1 Å². The molecule has 3 aromatic rings. The molecule has 2 N–H and O–H groups in total. The van der Waals surface area contributed by atoms with E-state index in [1.807, 2.05) is 31.3 Å². The highest BCUT2D eigenvalue weighted by Gasteiger charge is 2.13. The average Bonchev–Trinajstić information content (AvgIpc) is 2.91. The molecule has 3 rings (SSSR count). The van der Waals surface area contributed by atoms with E-state index >= 15 is 0 Å². The number of para-hydroxylation sites is 1. The number of quaternary nitrogens is 1. The number of fused-ring (bicyclic) bond motifs is 1. The van der Waals surface area contributed by atoms with E-state index in [0.29, 0.717) is 18.8 Å². The number of nitrogens with zero attached hydrogens (tertiary/aromatic N) is 1. The van der Waals surface area contributed by atoms with E-state index in [0.717, 1.165) is 20.1 Å². The van der Waals surface area contributed by atoms with Gasteiger partial charge in [-0.3, -0.25) is 4.79 Å². The fourth-order valence-electron chi connectivity index (χ4n) is 2.33. The summed E-state index contributed by atoms with van der Waals surface area (Å²) in [6, 6.07) is 13.8. The molecule has 2 aromatic carbocycles. The fraction of sp³-hybridized carbons (Fsp3) is 0.176. The Morgan fingerprint density at radius 2 is 1.96 bits per heavy atom. The quantitative estimate of drug-likeness (QED) is 0.752. The summed E-state index contributed by atoms with van der Waals surface area (Å²) in [7, 11) is 1.95. The summed E-state index contributed by atoms with van der Waals surface area (Å²) in [6.07, 6.45) is 0. The lowest BCUT2D eigenvalue weighted by molar-refractivity contribution is -0.885. The van der Waals surface area contributed by atoms with E-state index < -0.39 is 0 Å². The normalized spacial score (nSPS) is 12.3. The van der Waals surface area contributed by atoms with E-state index in [-0.39, 0.29) is 11.7 Å². The maximum atomic E-state index is 12.8. The summed E-state index contributed by atoms with van der Waals surface area (Å²) >= 11 is 1.65. The number of likely N-dealkylation sites (N-methyl/N-ethyl adjacent to an activating group) is 1. The van der Waals surface area contributed by atoms with Gasteiger partial charge in [0, 0.05) is 5.69 Å². The second-order valence-electron chi connectivity index (χ2n) is 5.44. The highest BCUT2D eigenvalue weighted by atomic mass is 32.1. The van der Waals surface area contributed by atoms with Crippen molar-refractivity contribution in [1.29, 1.82) is 0 Å². The number of hydrogen-bond acceptors (Lipinski definition) is 3. The molecule has 0 bridgehead atoms. The molecular weight excluding hydrogens is 313 g/mol. The smallest absolute Gasteiger partial charge is 0.279 e. The SMILES string of the molecule is C[NH+](CC(=O)Nc1ccc(F)cc1)Cc1nc2ccccc2s1. The zero-order valence-corrected chi connectivity index (χ0v) is 13.5. The van der Waals surface area contributed by atoms with Gasteiger partial charge in [0.15, 0.2) is 6.54 Å². The van der Waals surface area contributed by atoms with Crippen molar-refractivity contribution in [3.63, 3.8) is 0 Å². The summed E-state index contributed by atoms with van der Waals surface area (Å²) < 4.78 is 14.0. The van der Waals surface area contributed by atoms with Gasteiger partial charge in [-0.1, -0.05) is 12.1 Å². The molecule has 1 unspecified atom stereocenters. The van der Waals surface area contributed by atoms with Gasteiger partial charge < -0.3 is 10.2 Å². The van der Waals surface area contributed by atoms with Crippen LogP contribution in [0.4, 0.5) is 10.1 Å². The van der Waals surface area contributed by atoms with Gasteiger partial charge in [-0.05, 0) is 36.4 Å². The minimum absolute atomic E-state index is 0.102. The predicted molar refractivity (Wildman–Crippen MR) is 90.1 cm³/mol. The molecule has 0 spiro atoms. The summed E-state index contributed by atoms with van der Waals surface area (Å²) in [5.74, 6) is -0.420. The van der Waals surface area contributed by atoms with Crippen molar-refractivity contribution in [2.45, 2.75) is 6.54 Å². The van der Waals surface area contributed by atoms with Crippen LogP contribution in [0.25, 0.3) is 10.2 Å². The molecule has 0 aliphatic heterocycles. The molecule has 1 heterocycles. The molecular formula is C17H17FN3OS+. The third kappa shape index (κ3) is 4.12. The number of thiazole rings is 1. The molecule has 0 aliphatic rings. The van der Waals surface area contributed by atoms with E-state index in [4.69, 9.17) is 0 Å². The number of amides is 1. The van der Waals surface area contributed by atoms with Gasteiger partial charge in [-0.15, -0.1) is 11.3 Å². The third-order valence-electron chi connectivity index (χ3n) is 3.38. The Bertz CT molecular complexity index is 783. The average molecular weight is 330 g/mol. The van der Waals surface area contributed by atoms with Crippen LogP contribution < -0.4 is 10.2 Å². The molecule has 0 radical (unpaired) electrons. The molecule has 118 valence electrons. The lowest BCUT2D eigenvalue weighted by Crippen LogP contribution is -3.08. The lowest BCUT2D eigenvalue weighted by Gasteiger charge is -2.12. The van der Waals surface area contributed by atoms with Gasteiger partial charge in [0.25, 0.3) is 5.91 Å². The number of carbonyl (C=O) groups excluding carboxylic acids is 1. The van der Waals surface area contributed by atoms with Crippen molar-refractivity contribution in [3.05, 3.63) is 59.4 Å². The van der Waals surface area contributed by atoms with Gasteiger partial charge in [-0.2, -0.15) is 0 Å². The molecule has 23 heavy (non-hydrogen) atoms. The van der Waals surface area contributed by atoms with Crippen LogP contribution in [0.1, 0.15) is 5.01 Å². The largest absolute Gasteiger partial charge is 0.324 e. The van der Waals surface area contributed by atoms with Crippen LogP contribution in [0.2, 0.25) is 0 Å². The Labute approximate surface area is 137 Å². The molecule has 0 saturated heterocycles. The van der Waals surface area contributed by atoms with Crippen LogP contribution in [0.5, 0.6) is 0 Å². The topological polar surface area (TPSA) is 46.4 Å². The molecule has 6 heteroatoms. The van der Waals surface area contributed by atoms with Crippen LogP contribution in [0.15, 0.2) is 48.5 Å². The first-order valence-electron chi connectivity index (χ1n) is 7.31. The number of halogens is 1. The van der Waals surface area contributed by atoms with Crippen molar-refractivity contribution in [3.8, 4) is 0 Å². The Balaban J connectivity index is 1.56. The standard InChI is InChI=1S/C17H16FN3OS/c1-21(10-16(22)19-13-8-6-12(18)7-9-13)11-17-20-14-4-2-3-5-15(14)23-17/h2-9H,10-11H2,1H3,(H,19,22)/p+1. The van der Waals surface area contributed by atoms with Crippen LogP contribution in [-0.4, -0.2) is 24.5 Å². The first kappa shape index (κ1) is 15.6. The highest BCUT2D eigenvalue weighted by Crippen LogP contribution is 2.20. The Hall–Kier alpha value is -2.31. The summed E-state index contributed by atoms with van der Waals surface area (Å²) in [5, 5.41) is 3.78. The summed E-state index contributed by atoms with van der Waals surface area (Å²) in [6.45, 7) is 1.02. The monoisotopic (exact) mass is 330 g/mol. The Kier molecular flexibility index (Phi) is 4.64.